The molecule has 0 radical (unpaired) electrons. The zero-order valence-corrected chi connectivity index (χ0v) is 24.3. The predicted molar refractivity (Wildman–Crippen MR) is 152 cm³/mol. The number of piperazine rings is 1. The highest BCUT2D eigenvalue weighted by molar-refractivity contribution is 6.01. The maximum absolute atomic E-state index is 14.3. The molecule has 3 fully saturated rings. The molecule has 0 unspecified atom stereocenters. The summed E-state index contributed by atoms with van der Waals surface area (Å²) in [5.41, 5.74) is 2.78. The Labute approximate surface area is 239 Å². The fourth-order valence-electron chi connectivity index (χ4n) is 7.97. The molecule has 3 saturated heterocycles. The molecule has 1 aliphatic carbocycles. The number of aromatic nitrogens is 1. The van der Waals surface area contributed by atoms with E-state index in [1.807, 2.05) is 33.0 Å². The SMILES string of the molecule is CC(C)[C@H]1C(=O)N2CCC[C@@H]2[C@]2(O)O[C@@](NC(=O)[C@H]3C=C4c5cccc6[nH]cc(c56)C[C@H]4N(C)C3)(C(C)C)C(=O)N12. The number of carbonyl (C=O) groups excluding carboxylic acids is 3. The van der Waals surface area contributed by atoms with Gasteiger partial charge >= 0.3 is 0 Å². The van der Waals surface area contributed by atoms with E-state index in [1.165, 1.54) is 15.8 Å². The largest absolute Gasteiger partial charge is 0.361 e. The van der Waals surface area contributed by atoms with E-state index in [0.717, 1.165) is 23.1 Å². The van der Waals surface area contributed by atoms with Crippen molar-refractivity contribution in [1.82, 2.24) is 25.0 Å². The topological polar surface area (TPSA) is 118 Å². The van der Waals surface area contributed by atoms with Crippen molar-refractivity contribution in [3.8, 4) is 0 Å². The molecule has 10 heteroatoms. The molecule has 1 aromatic heterocycles. The number of carbonyl (C=O) groups is 3. The van der Waals surface area contributed by atoms with Crippen LogP contribution in [0.5, 0.6) is 0 Å². The Balaban J connectivity index is 1.25. The van der Waals surface area contributed by atoms with Crippen molar-refractivity contribution in [2.45, 2.75) is 76.7 Å². The van der Waals surface area contributed by atoms with Crippen LogP contribution in [0.3, 0.4) is 0 Å². The fraction of sp³-hybridized carbons (Fsp3) is 0.581. The molecular weight excluding hydrogens is 522 g/mol. The van der Waals surface area contributed by atoms with Gasteiger partial charge in [-0.2, -0.15) is 0 Å². The number of rotatable bonds is 4. The smallest absolute Gasteiger partial charge is 0.281 e. The Hall–Kier alpha value is -3.21. The number of ether oxygens (including phenoxy) is 1. The first-order valence-corrected chi connectivity index (χ1v) is 14.9. The molecule has 1 aromatic carbocycles. The number of nitrogens with one attached hydrogen (secondary N) is 2. The molecule has 3 N–H and O–H groups in total. The van der Waals surface area contributed by atoms with E-state index < -0.39 is 41.5 Å². The molecule has 5 heterocycles. The standard InChI is InChI=1S/C31H39N5O5/c1-16(2)26-28(38)35-11-7-10-24(35)31(40)36(26)29(39)30(41-31,17(3)4)33-27(37)19-12-21-20-8-6-9-22-25(20)18(14-32-22)13-23(21)34(5)15-19/h6,8-9,12,14,16-17,19,23-24,26,32,40H,7,10-11,13,15H2,1-5H3,(H,33,37)/t19-,23+,24+,26-,30-,31-/m0/s1. The highest BCUT2D eigenvalue weighted by Gasteiger charge is 2.72. The first-order chi connectivity index (χ1) is 19.5. The number of H-pyrrole nitrogens is 1. The number of hydrogen-bond acceptors (Lipinski definition) is 6. The van der Waals surface area contributed by atoms with E-state index in [2.05, 4.69) is 33.5 Å². The molecule has 218 valence electrons. The number of nitrogens with zero attached hydrogens (tertiary/aromatic N) is 3. The average molecular weight is 562 g/mol. The normalized spacial score (nSPS) is 34.8. The Morgan fingerprint density at radius 3 is 2.73 bits per heavy atom. The maximum Gasteiger partial charge on any atom is 0.281 e. The van der Waals surface area contributed by atoms with Crippen LogP contribution in [-0.4, -0.2) is 92.4 Å². The molecule has 41 heavy (non-hydrogen) atoms. The molecule has 0 saturated carbocycles. The summed E-state index contributed by atoms with van der Waals surface area (Å²) in [6.07, 6.45) is 6.21. The van der Waals surface area contributed by atoms with E-state index in [1.54, 1.807) is 18.7 Å². The summed E-state index contributed by atoms with van der Waals surface area (Å²) < 4.78 is 6.40. The number of amides is 3. The fourth-order valence-corrected chi connectivity index (χ4v) is 7.97. The molecular formula is C31H39N5O5. The third kappa shape index (κ3) is 3.50. The average Bonchev–Trinajstić information content (AvgIpc) is 3.64. The van der Waals surface area contributed by atoms with Gasteiger partial charge in [-0.05, 0) is 55.0 Å². The lowest BCUT2D eigenvalue weighted by atomic mass is 9.79. The Morgan fingerprint density at radius 2 is 2.00 bits per heavy atom. The van der Waals surface area contributed by atoms with Gasteiger partial charge in [0.05, 0.1) is 5.92 Å². The molecule has 7 rings (SSSR count). The van der Waals surface area contributed by atoms with Crippen molar-refractivity contribution in [3.63, 3.8) is 0 Å². The van der Waals surface area contributed by atoms with Crippen LogP contribution in [-0.2, 0) is 25.5 Å². The first kappa shape index (κ1) is 26.7. The lowest BCUT2D eigenvalue weighted by molar-refractivity contribution is -0.323. The summed E-state index contributed by atoms with van der Waals surface area (Å²) >= 11 is 0. The maximum atomic E-state index is 14.3. The van der Waals surface area contributed by atoms with Gasteiger partial charge in [-0.1, -0.05) is 45.9 Å². The molecule has 4 aliphatic heterocycles. The molecule has 0 bridgehead atoms. The molecule has 5 aliphatic rings. The minimum Gasteiger partial charge on any atom is -0.361 e. The second kappa shape index (κ2) is 8.89. The third-order valence-corrected chi connectivity index (χ3v) is 10.1. The zero-order chi connectivity index (χ0) is 29.0. The van der Waals surface area contributed by atoms with Crippen molar-refractivity contribution in [1.29, 1.82) is 0 Å². The van der Waals surface area contributed by atoms with Crippen molar-refractivity contribution in [2.24, 2.45) is 17.8 Å². The van der Waals surface area contributed by atoms with Crippen LogP contribution in [0.15, 0.2) is 30.5 Å². The minimum atomic E-state index is -2.01. The van der Waals surface area contributed by atoms with Gasteiger partial charge in [-0.25, -0.2) is 0 Å². The van der Waals surface area contributed by atoms with E-state index in [9.17, 15) is 19.5 Å². The molecule has 3 amide bonds. The van der Waals surface area contributed by atoms with E-state index >= 15 is 0 Å². The Kier molecular flexibility index (Phi) is 5.79. The number of aromatic amines is 1. The number of likely N-dealkylation sites (N-methyl/N-ethyl adjacent to an activating group) is 1. The van der Waals surface area contributed by atoms with Crippen LogP contribution in [0.1, 0.15) is 51.7 Å². The van der Waals surface area contributed by atoms with Gasteiger partial charge in [-0.15, -0.1) is 0 Å². The monoisotopic (exact) mass is 561 g/mol. The van der Waals surface area contributed by atoms with Gasteiger partial charge in [0, 0.05) is 42.1 Å². The van der Waals surface area contributed by atoms with E-state index in [0.29, 0.717) is 25.9 Å². The van der Waals surface area contributed by atoms with Crippen molar-refractivity contribution in [2.75, 3.05) is 20.1 Å². The molecule has 10 nitrogen and oxygen atoms in total. The zero-order valence-electron chi connectivity index (χ0n) is 24.3. The van der Waals surface area contributed by atoms with Gasteiger partial charge < -0.3 is 20.3 Å². The van der Waals surface area contributed by atoms with Crippen LogP contribution < -0.4 is 5.32 Å². The quantitative estimate of drug-likeness (QED) is 0.526. The summed E-state index contributed by atoms with van der Waals surface area (Å²) in [6, 6.07) is 4.80. The summed E-state index contributed by atoms with van der Waals surface area (Å²) in [4.78, 5) is 50.4. The number of fused-ring (bicyclic) bond motifs is 5. The van der Waals surface area contributed by atoms with Crippen LogP contribution in [0.2, 0.25) is 0 Å². The van der Waals surface area contributed by atoms with Gasteiger partial charge in [0.1, 0.15) is 12.1 Å². The lowest BCUT2D eigenvalue weighted by Gasteiger charge is -2.49. The second-order valence-corrected chi connectivity index (χ2v) is 13.1. The molecule has 2 aromatic rings. The summed E-state index contributed by atoms with van der Waals surface area (Å²) in [6.45, 7) is 8.32. The second-order valence-electron chi connectivity index (χ2n) is 13.1. The first-order valence-electron chi connectivity index (χ1n) is 14.9. The van der Waals surface area contributed by atoms with Crippen molar-refractivity contribution >= 4 is 34.2 Å². The minimum absolute atomic E-state index is 0.150. The van der Waals surface area contributed by atoms with Gasteiger partial charge in [0.25, 0.3) is 11.8 Å². The van der Waals surface area contributed by atoms with Gasteiger partial charge in [0.2, 0.25) is 17.5 Å². The number of benzene rings is 1. The summed E-state index contributed by atoms with van der Waals surface area (Å²) in [7, 11) is 2.03. The third-order valence-electron chi connectivity index (χ3n) is 10.1. The molecule has 0 spiro atoms. The van der Waals surface area contributed by atoms with Crippen LogP contribution in [0.25, 0.3) is 16.5 Å². The number of aliphatic hydroxyl groups is 1. The van der Waals surface area contributed by atoms with Crippen LogP contribution in [0.4, 0.5) is 0 Å². The number of hydrogen-bond donors (Lipinski definition) is 3. The predicted octanol–water partition coefficient (Wildman–Crippen LogP) is 2.04. The molecule has 6 atom stereocenters. The van der Waals surface area contributed by atoms with E-state index in [-0.39, 0.29) is 23.8 Å². The Bertz CT molecular complexity index is 1500. The summed E-state index contributed by atoms with van der Waals surface area (Å²) in [5.74, 6) is -4.36. The van der Waals surface area contributed by atoms with Crippen LogP contribution >= 0.6 is 0 Å². The summed E-state index contributed by atoms with van der Waals surface area (Å²) in [5, 5.41) is 16.2. The van der Waals surface area contributed by atoms with Crippen molar-refractivity contribution in [3.05, 3.63) is 41.6 Å². The van der Waals surface area contributed by atoms with Crippen LogP contribution in [0, 0.1) is 17.8 Å². The lowest BCUT2D eigenvalue weighted by Crippen LogP contribution is -2.72. The van der Waals surface area contributed by atoms with E-state index in [4.69, 9.17) is 4.74 Å². The van der Waals surface area contributed by atoms with Gasteiger partial charge in [0.15, 0.2) is 0 Å². The Morgan fingerprint density at radius 1 is 1.22 bits per heavy atom. The van der Waals surface area contributed by atoms with Crippen molar-refractivity contribution < 1.29 is 24.2 Å². The highest BCUT2D eigenvalue weighted by atomic mass is 16.7. The highest BCUT2D eigenvalue weighted by Crippen LogP contribution is 2.49. The van der Waals surface area contributed by atoms with Gasteiger partial charge in [-0.3, -0.25) is 28.9 Å².